The van der Waals surface area contributed by atoms with Gasteiger partial charge in [0.05, 0.1) is 19.7 Å². The van der Waals surface area contributed by atoms with E-state index in [-0.39, 0.29) is 35.7 Å². The monoisotopic (exact) mass is 407 g/mol. The van der Waals surface area contributed by atoms with Crippen molar-refractivity contribution in [3.63, 3.8) is 0 Å². The zero-order valence-electron chi connectivity index (χ0n) is 19.7. The standard InChI is InChI=1S/C23H41N3O3/c1-18(2)26(21(27)14-19(3)15-23(4,5)6)17-22(28)25(12-13-29-8)16-20-10-9-11-24(20)7/h9-11,18-19H,12-17H2,1-8H3. The van der Waals surface area contributed by atoms with Crippen LogP contribution in [0, 0.1) is 11.3 Å². The Morgan fingerprint density at radius 2 is 1.83 bits per heavy atom. The first-order valence-corrected chi connectivity index (χ1v) is 10.6. The topological polar surface area (TPSA) is 54.8 Å². The molecule has 6 heteroatoms. The van der Waals surface area contributed by atoms with E-state index in [4.69, 9.17) is 4.74 Å². The number of hydrogen-bond donors (Lipinski definition) is 0. The molecule has 0 radical (unpaired) electrons. The number of carbonyl (C=O) groups is 2. The number of hydrogen-bond acceptors (Lipinski definition) is 3. The summed E-state index contributed by atoms with van der Waals surface area (Å²) < 4.78 is 7.20. The molecule has 0 aliphatic heterocycles. The van der Waals surface area contributed by atoms with Crippen molar-refractivity contribution >= 4 is 11.8 Å². The van der Waals surface area contributed by atoms with Crippen molar-refractivity contribution in [2.45, 2.75) is 67.0 Å². The van der Waals surface area contributed by atoms with E-state index in [0.29, 0.717) is 26.1 Å². The third-order valence-electron chi connectivity index (χ3n) is 5.06. The Morgan fingerprint density at radius 1 is 1.17 bits per heavy atom. The molecule has 1 rings (SSSR count). The lowest BCUT2D eigenvalue weighted by molar-refractivity contribution is -0.143. The van der Waals surface area contributed by atoms with E-state index in [1.54, 1.807) is 16.9 Å². The first-order valence-electron chi connectivity index (χ1n) is 10.6. The molecule has 1 atom stereocenters. The molecule has 166 valence electrons. The molecule has 1 aromatic heterocycles. The summed E-state index contributed by atoms with van der Waals surface area (Å²) in [6.45, 7) is 14.2. The third-order valence-corrected chi connectivity index (χ3v) is 5.06. The van der Waals surface area contributed by atoms with Crippen LogP contribution < -0.4 is 0 Å². The van der Waals surface area contributed by atoms with Crippen LogP contribution in [0.15, 0.2) is 18.3 Å². The van der Waals surface area contributed by atoms with Crippen LogP contribution in [0.25, 0.3) is 0 Å². The van der Waals surface area contributed by atoms with Crippen LogP contribution in [0.5, 0.6) is 0 Å². The highest BCUT2D eigenvalue weighted by Gasteiger charge is 2.26. The van der Waals surface area contributed by atoms with Gasteiger partial charge in [0.15, 0.2) is 0 Å². The van der Waals surface area contributed by atoms with Crippen molar-refractivity contribution in [1.29, 1.82) is 0 Å². The second-order valence-corrected chi connectivity index (χ2v) is 9.61. The lowest BCUT2D eigenvalue weighted by atomic mass is 9.84. The van der Waals surface area contributed by atoms with Crippen LogP contribution in [-0.2, 0) is 27.9 Å². The fourth-order valence-corrected chi connectivity index (χ4v) is 3.69. The molecular weight excluding hydrogens is 366 g/mol. The van der Waals surface area contributed by atoms with Gasteiger partial charge in [-0.15, -0.1) is 0 Å². The van der Waals surface area contributed by atoms with Gasteiger partial charge in [-0.1, -0.05) is 27.7 Å². The van der Waals surface area contributed by atoms with Crippen molar-refractivity contribution in [2.24, 2.45) is 18.4 Å². The van der Waals surface area contributed by atoms with Gasteiger partial charge in [0.1, 0.15) is 0 Å². The van der Waals surface area contributed by atoms with Crippen molar-refractivity contribution in [3.05, 3.63) is 24.0 Å². The van der Waals surface area contributed by atoms with E-state index in [9.17, 15) is 9.59 Å². The number of ether oxygens (including phenoxy) is 1. The summed E-state index contributed by atoms with van der Waals surface area (Å²) in [5.41, 5.74) is 1.24. The second kappa shape index (κ2) is 11.4. The number of methoxy groups -OCH3 is 1. The van der Waals surface area contributed by atoms with Crippen LogP contribution in [0.2, 0.25) is 0 Å². The Morgan fingerprint density at radius 3 is 2.31 bits per heavy atom. The Labute approximate surface area is 177 Å². The second-order valence-electron chi connectivity index (χ2n) is 9.61. The van der Waals surface area contributed by atoms with Gasteiger partial charge in [-0.25, -0.2) is 0 Å². The Bertz CT molecular complexity index is 646. The number of aryl methyl sites for hydroxylation is 1. The van der Waals surface area contributed by atoms with Crippen LogP contribution in [0.3, 0.4) is 0 Å². The average Bonchev–Trinajstić information content (AvgIpc) is 2.98. The van der Waals surface area contributed by atoms with Gasteiger partial charge in [-0.2, -0.15) is 0 Å². The molecule has 0 aliphatic carbocycles. The van der Waals surface area contributed by atoms with E-state index < -0.39 is 0 Å². The van der Waals surface area contributed by atoms with Crippen molar-refractivity contribution in [1.82, 2.24) is 14.4 Å². The largest absolute Gasteiger partial charge is 0.383 e. The highest BCUT2D eigenvalue weighted by molar-refractivity contribution is 5.85. The Hall–Kier alpha value is -1.82. The fourth-order valence-electron chi connectivity index (χ4n) is 3.69. The molecule has 1 unspecified atom stereocenters. The molecule has 0 aliphatic rings. The lowest BCUT2D eigenvalue weighted by Gasteiger charge is -2.31. The minimum absolute atomic E-state index is 0.0207. The molecule has 2 amide bonds. The summed E-state index contributed by atoms with van der Waals surface area (Å²) >= 11 is 0. The molecular formula is C23H41N3O3. The van der Waals surface area contributed by atoms with E-state index in [0.717, 1.165) is 12.1 Å². The maximum Gasteiger partial charge on any atom is 0.242 e. The van der Waals surface area contributed by atoms with Gasteiger partial charge in [-0.3, -0.25) is 9.59 Å². The molecule has 1 aromatic rings. The van der Waals surface area contributed by atoms with E-state index in [2.05, 4.69) is 27.7 Å². The quantitative estimate of drug-likeness (QED) is 0.562. The number of amides is 2. The average molecular weight is 408 g/mol. The molecule has 0 saturated carbocycles. The predicted octanol–water partition coefficient (Wildman–Crippen LogP) is 3.70. The number of nitrogens with zero attached hydrogens (tertiary/aromatic N) is 3. The summed E-state index contributed by atoms with van der Waals surface area (Å²) in [5.74, 6) is 0.288. The predicted molar refractivity (Wildman–Crippen MR) is 117 cm³/mol. The van der Waals surface area contributed by atoms with Gasteiger partial charge in [-0.05, 0) is 43.7 Å². The number of rotatable bonds is 11. The van der Waals surface area contributed by atoms with Gasteiger partial charge in [0, 0.05) is 45.1 Å². The zero-order valence-corrected chi connectivity index (χ0v) is 19.7. The number of carbonyl (C=O) groups excluding carboxylic acids is 2. The summed E-state index contributed by atoms with van der Waals surface area (Å²) in [6.07, 6.45) is 3.42. The van der Waals surface area contributed by atoms with Crippen molar-refractivity contribution in [3.8, 4) is 0 Å². The van der Waals surface area contributed by atoms with E-state index in [1.165, 1.54) is 0 Å². The Balaban J connectivity index is 2.83. The van der Waals surface area contributed by atoms with Gasteiger partial charge in [0.25, 0.3) is 0 Å². The van der Waals surface area contributed by atoms with E-state index in [1.807, 2.05) is 43.8 Å². The van der Waals surface area contributed by atoms with Crippen LogP contribution in [0.4, 0.5) is 0 Å². The smallest absolute Gasteiger partial charge is 0.242 e. The van der Waals surface area contributed by atoms with Crippen LogP contribution in [0.1, 0.15) is 60.1 Å². The minimum Gasteiger partial charge on any atom is -0.383 e. The van der Waals surface area contributed by atoms with Gasteiger partial charge in [0.2, 0.25) is 11.8 Å². The summed E-state index contributed by atoms with van der Waals surface area (Å²) in [4.78, 5) is 29.5. The molecule has 0 saturated heterocycles. The zero-order chi connectivity index (χ0) is 22.2. The maximum absolute atomic E-state index is 13.1. The molecule has 0 fully saturated rings. The molecule has 6 nitrogen and oxygen atoms in total. The van der Waals surface area contributed by atoms with Crippen LogP contribution >= 0.6 is 0 Å². The third kappa shape index (κ3) is 9.03. The molecule has 29 heavy (non-hydrogen) atoms. The number of aromatic nitrogens is 1. The molecule has 0 spiro atoms. The Kier molecular flexibility index (Phi) is 9.90. The molecule has 1 heterocycles. The van der Waals surface area contributed by atoms with Crippen molar-refractivity contribution < 1.29 is 14.3 Å². The highest BCUT2D eigenvalue weighted by atomic mass is 16.5. The lowest BCUT2D eigenvalue weighted by Crippen LogP contribution is -2.46. The van der Waals surface area contributed by atoms with Gasteiger partial charge < -0.3 is 19.1 Å². The molecule has 0 N–H and O–H groups in total. The summed E-state index contributed by atoms with van der Waals surface area (Å²) in [5, 5.41) is 0. The normalized spacial score (nSPS) is 12.9. The van der Waals surface area contributed by atoms with Crippen molar-refractivity contribution in [2.75, 3.05) is 26.8 Å². The van der Waals surface area contributed by atoms with Gasteiger partial charge >= 0.3 is 0 Å². The van der Waals surface area contributed by atoms with Crippen LogP contribution in [-0.4, -0.2) is 59.0 Å². The minimum atomic E-state index is -0.0474. The summed E-state index contributed by atoms with van der Waals surface area (Å²) in [6, 6.07) is 3.95. The maximum atomic E-state index is 13.1. The highest BCUT2D eigenvalue weighted by Crippen LogP contribution is 2.26. The SMILES string of the molecule is COCCN(Cc1cccn1C)C(=O)CN(C(=O)CC(C)CC(C)(C)C)C(C)C. The molecule has 0 aromatic carbocycles. The first-order chi connectivity index (χ1) is 13.4. The first kappa shape index (κ1) is 25.2. The molecule has 0 bridgehead atoms. The fraction of sp³-hybridized carbons (Fsp3) is 0.739. The summed E-state index contributed by atoms with van der Waals surface area (Å²) in [7, 11) is 3.60. The van der Waals surface area contributed by atoms with E-state index >= 15 is 0 Å².